The number of hydrogen-bond donors (Lipinski definition) is 2. The summed E-state index contributed by atoms with van der Waals surface area (Å²) < 4.78 is 0. The Hall–Kier alpha value is -2.30. The summed E-state index contributed by atoms with van der Waals surface area (Å²) in [4.78, 5) is 28.0. The summed E-state index contributed by atoms with van der Waals surface area (Å²) in [6.45, 7) is 4.14. The fourth-order valence-electron chi connectivity index (χ4n) is 2.88. The molecule has 1 aromatic heterocycles. The molecule has 0 saturated heterocycles. The van der Waals surface area contributed by atoms with Gasteiger partial charge in [0.2, 0.25) is 5.91 Å². The molecule has 0 fully saturated rings. The number of rotatable bonds is 3. The summed E-state index contributed by atoms with van der Waals surface area (Å²) in [5.74, 6) is -0.299. The fourth-order valence-corrected chi connectivity index (χ4v) is 2.88. The normalized spacial score (nSPS) is 15.4. The Labute approximate surface area is 116 Å². The van der Waals surface area contributed by atoms with E-state index in [0.717, 1.165) is 29.6 Å². The number of benzene rings is 1. The number of fused-ring (bicyclic) bond motifs is 3. The summed E-state index contributed by atoms with van der Waals surface area (Å²) in [5, 5.41) is 1.06. The highest BCUT2D eigenvalue weighted by molar-refractivity contribution is 6.00. The van der Waals surface area contributed by atoms with Crippen molar-refractivity contribution in [2.75, 3.05) is 11.4 Å². The van der Waals surface area contributed by atoms with Crippen LogP contribution in [0.1, 0.15) is 29.9 Å². The van der Waals surface area contributed by atoms with Crippen LogP contribution in [0.2, 0.25) is 0 Å². The lowest BCUT2D eigenvalue weighted by atomic mass is 10.1. The van der Waals surface area contributed by atoms with Gasteiger partial charge in [0.15, 0.2) is 5.78 Å². The lowest BCUT2D eigenvalue weighted by Crippen LogP contribution is -2.41. The summed E-state index contributed by atoms with van der Waals surface area (Å²) in [6, 6.07) is 5.52. The smallest absolute Gasteiger partial charge is 0.239 e. The van der Waals surface area contributed by atoms with Gasteiger partial charge in [-0.3, -0.25) is 9.59 Å². The zero-order valence-corrected chi connectivity index (χ0v) is 11.6. The number of H-pyrrole nitrogens is 1. The van der Waals surface area contributed by atoms with Gasteiger partial charge in [-0.15, -0.1) is 0 Å². The number of aromatic amines is 1. The number of ketones is 1. The lowest BCUT2D eigenvalue weighted by Gasteiger charge is -2.24. The SMILES string of the molecule is CC(=O)c1cc2c3c(ccc2[nH]1)N(C(C)C(N)=O)CC3. The number of nitrogens with zero attached hydrogens (tertiary/aromatic N) is 1. The summed E-state index contributed by atoms with van der Waals surface area (Å²) >= 11 is 0. The molecule has 1 aliphatic rings. The molecule has 104 valence electrons. The van der Waals surface area contributed by atoms with Crippen LogP contribution < -0.4 is 10.6 Å². The molecule has 1 amide bonds. The second-order valence-corrected chi connectivity index (χ2v) is 5.29. The van der Waals surface area contributed by atoms with Crippen molar-refractivity contribution >= 4 is 28.3 Å². The Bertz CT molecular complexity index is 717. The van der Waals surface area contributed by atoms with Crippen molar-refractivity contribution in [2.24, 2.45) is 5.73 Å². The minimum absolute atomic E-state index is 0.0234. The summed E-state index contributed by atoms with van der Waals surface area (Å²) in [6.07, 6.45) is 0.861. The number of carbonyl (C=O) groups excluding carboxylic acids is 2. The van der Waals surface area contributed by atoms with Gasteiger partial charge in [-0.1, -0.05) is 0 Å². The average Bonchev–Trinajstić information content (AvgIpc) is 3.00. The highest BCUT2D eigenvalue weighted by atomic mass is 16.1. The van der Waals surface area contributed by atoms with E-state index in [2.05, 4.69) is 4.98 Å². The van der Waals surface area contributed by atoms with E-state index >= 15 is 0 Å². The molecule has 5 heteroatoms. The number of Topliss-reactive ketones (excluding diaryl/α,β-unsaturated/α-hetero) is 1. The van der Waals surface area contributed by atoms with Gasteiger partial charge < -0.3 is 15.6 Å². The van der Waals surface area contributed by atoms with Gasteiger partial charge in [-0.05, 0) is 37.1 Å². The third-order valence-electron chi connectivity index (χ3n) is 4.06. The van der Waals surface area contributed by atoms with E-state index in [4.69, 9.17) is 5.73 Å². The summed E-state index contributed by atoms with van der Waals surface area (Å²) in [5.41, 5.74) is 9.20. The third-order valence-corrected chi connectivity index (χ3v) is 4.06. The molecule has 0 spiro atoms. The van der Waals surface area contributed by atoms with Crippen LogP contribution in [0.3, 0.4) is 0 Å². The first-order valence-corrected chi connectivity index (χ1v) is 6.70. The Kier molecular flexibility index (Phi) is 2.78. The molecule has 0 bridgehead atoms. The van der Waals surface area contributed by atoms with Gasteiger partial charge in [-0.2, -0.15) is 0 Å². The van der Waals surface area contributed by atoms with E-state index in [-0.39, 0.29) is 17.7 Å². The second kappa shape index (κ2) is 4.37. The molecule has 2 heterocycles. The lowest BCUT2D eigenvalue weighted by molar-refractivity contribution is -0.118. The molecule has 3 rings (SSSR count). The minimum atomic E-state index is -0.323. The topological polar surface area (TPSA) is 79.2 Å². The maximum atomic E-state index is 11.5. The molecular weight excluding hydrogens is 254 g/mol. The van der Waals surface area contributed by atoms with Crippen molar-refractivity contribution in [1.82, 2.24) is 4.98 Å². The number of amides is 1. The molecule has 20 heavy (non-hydrogen) atoms. The fraction of sp³-hybridized carbons (Fsp3) is 0.333. The maximum Gasteiger partial charge on any atom is 0.239 e. The second-order valence-electron chi connectivity index (χ2n) is 5.29. The first kappa shape index (κ1) is 12.7. The van der Waals surface area contributed by atoms with Gasteiger partial charge in [0.05, 0.1) is 5.69 Å². The first-order valence-electron chi connectivity index (χ1n) is 6.70. The Morgan fingerprint density at radius 1 is 1.40 bits per heavy atom. The molecule has 1 atom stereocenters. The Balaban J connectivity index is 2.11. The van der Waals surface area contributed by atoms with Gasteiger partial charge >= 0.3 is 0 Å². The zero-order chi connectivity index (χ0) is 14.4. The monoisotopic (exact) mass is 271 g/mol. The van der Waals surface area contributed by atoms with E-state index < -0.39 is 0 Å². The van der Waals surface area contributed by atoms with Crippen molar-refractivity contribution < 1.29 is 9.59 Å². The molecule has 2 aromatic rings. The van der Waals surface area contributed by atoms with Gasteiger partial charge in [0.25, 0.3) is 0 Å². The van der Waals surface area contributed by atoms with Crippen molar-refractivity contribution in [3.8, 4) is 0 Å². The number of nitrogens with one attached hydrogen (secondary N) is 1. The average molecular weight is 271 g/mol. The van der Waals surface area contributed by atoms with E-state index in [1.54, 1.807) is 6.92 Å². The number of hydrogen-bond acceptors (Lipinski definition) is 3. The molecular formula is C15H17N3O2. The zero-order valence-electron chi connectivity index (χ0n) is 11.6. The van der Waals surface area contributed by atoms with Gasteiger partial charge in [0, 0.05) is 30.1 Å². The predicted octanol–water partition coefficient (Wildman–Crippen LogP) is 1.61. The van der Waals surface area contributed by atoms with Crippen LogP contribution in [0.5, 0.6) is 0 Å². The quantitative estimate of drug-likeness (QED) is 0.832. The Morgan fingerprint density at radius 3 is 2.80 bits per heavy atom. The van der Waals surface area contributed by atoms with Crippen molar-refractivity contribution in [3.05, 3.63) is 29.5 Å². The van der Waals surface area contributed by atoms with Crippen LogP contribution in [-0.4, -0.2) is 29.3 Å². The third kappa shape index (κ3) is 1.78. The maximum absolute atomic E-state index is 11.5. The number of primary amides is 1. The number of anilines is 1. The Morgan fingerprint density at radius 2 is 2.15 bits per heavy atom. The van der Waals surface area contributed by atoms with Crippen LogP contribution in [-0.2, 0) is 11.2 Å². The first-order chi connectivity index (χ1) is 9.49. The van der Waals surface area contributed by atoms with Crippen molar-refractivity contribution in [2.45, 2.75) is 26.3 Å². The molecule has 5 nitrogen and oxygen atoms in total. The largest absolute Gasteiger partial charge is 0.368 e. The van der Waals surface area contributed by atoms with E-state index in [1.807, 2.05) is 30.0 Å². The molecule has 1 aliphatic heterocycles. The molecule has 0 radical (unpaired) electrons. The van der Waals surface area contributed by atoms with Crippen LogP contribution in [0.25, 0.3) is 10.9 Å². The molecule has 0 saturated carbocycles. The van der Waals surface area contributed by atoms with E-state index in [0.29, 0.717) is 5.69 Å². The highest BCUT2D eigenvalue weighted by Crippen LogP contribution is 2.35. The van der Waals surface area contributed by atoms with Crippen LogP contribution in [0.15, 0.2) is 18.2 Å². The number of aromatic nitrogens is 1. The van der Waals surface area contributed by atoms with Crippen LogP contribution in [0, 0.1) is 0 Å². The molecule has 1 aromatic carbocycles. The predicted molar refractivity (Wildman–Crippen MR) is 78.0 cm³/mol. The summed E-state index contributed by atoms with van der Waals surface area (Å²) in [7, 11) is 0. The molecule has 1 unspecified atom stereocenters. The van der Waals surface area contributed by atoms with E-state index in [1.165, 1.54) is 5.56 Å². The highest BCUT2D eigenvalue weighted by Gasteiger charge is 2.28. The standard InChI is InChI=1S/C15H17N3O2/c1-8(15(16)20)18-6-5-10-11-7-13(9(2)19)17-12(11)3-4-14(10)18/h3-4,7-8,17H,5-6H2,1-2H3,(H2,16,20). The number of nitrogens with two attached hydrogens (primary N) is 1. The number of carbonyl (C=O) groups is 2. The van der Waals surface area contributed by atoms with Crippen molar-refractivity contribution in [1.29, 1.82) is 0 Å². The molecule has 3 N–H and O–H groups in total. The van der Waals surface area contributed by atoms with Crippen LogP contribution >= 0.6 is 0 Å². The van der Waals surface area contributed by atoms with Gasteiger partial charge in [0.1, 0.15) is 6.04 Å². The van der Waals surface area contributed by atoms with E-state index in [9.17, 15) is 9.59 Å². The minimum Gasteiger partial charge on any atom is -0.368 e. The molecule has 0 aliphatic carbocycles. The van der Waals surface area contributed by atoms with Crippen LogP contribution in [0.4, 0.5) is 5.69 Å². The van der Waals surface area contributed by atoms with Crippen molar-refractivity contribution in [3.63, 3.8) is 0 Å². The van der Waals surface area contributed by atoms with Gasteiger partial charge in [-0.25, -0.2) is 0 Å².